The van der Waals surface area contributed by atoms with Gasteiger partial charge < -0.3 is 9.13 Å². The quantitative estimate of drug-likeness (QED) is 0.662. The van der Waals surface area contributed by atoms with E-state index in [0.29, 0.717) is 10.9 Å². The van der Waals surface area contributed by atoms with Gasteiger partial charge in [0.1, 0.15) is 5.82 Å². The molecule has 0 saturated carbocycles. The Morgan fingerprint density at radius 1 is 1.21 bits per heavy atom. The van der Waals surface area contributed by atoms with Crippen LogP contribution in [0.4, 0.5) is 4.39 Å². The molecule has 0 spiro atoms. The van der Waals surface area contributed by atoms with E-state index in [1.807, 2.05) is 23.9 Å². The highest BCUT2D eigenvalue weighted by Gasteiger charge is 2.11. The number of ketones is 1. The normalized spacial score (nSPS) is 11.1. The molecule has 0 N–H and O–H groups in total. The lowest BCUT2D eigenvalue weighted by atomic mass is 10.2. The Labute approximate surface area is 109 Å². The maximum absolute atomic E-state index is 13.6. The number of aromatic nitrogens is 2. The first-order valence-corrected chi connectivity index (χ1v) is 6.04. The SMILES string of the molecule is Cn1ccc(C(=O)Cn2ccc3c(F)cccc32)c1. The molecule has 0 bridgehead atoms. The first-order chi connectivity index (χ1) is 9.15. The smallest absolute Gasteiger partial charge is 0.184 e. The van der Waals surface area contributed by atoms with Crippen LogP contribution in [-0.4, -0.2) is 14.9 Å². The topological polar surface area (TPSA) is 26.9 Å². The van der Waals surface area contributed by atoms with Crippen LogP contribution in [0, 0.1) is 5.82 Å². The van der Waals surface area contributed by atoms with Gasteiger partial charge in [-0.3, -0.25) is 4.79 Å². The van der Waals surface area contributed by atoms with Crippen molar-refractivity contribution in [3.63, 3.8) is 0 Å². The Morgan fingerprint density at radius 2 is 2.05 bits per heavy atom. The van der Waals surface area contributed by atoms with E-state index in [0.717, 1.165) is 5.52 Å². The molecule has 0 saturated heterocycles. The Kier molecular flexibility index (Phi) is 2.71. The second kappa shape index (κ2) is 4.39. The van der Waals surface area contributed by atoms with Crippen LogP contribution >= 0.6 is 0 Å². The summed E-state index contributed by atoms with van der Waals surface area (Å²) < 4.78 is 17.2. The largest absolute Gasteiger partial charge is 0.357 e. The first kappa shape index (κ1) is 11.7. The fraction of sp³-hybridized carbons (Fsp3) is 0.133. The molecule has 4 heteroatoms. The van der Waals surface area contributed by atoms with E-state index in [9.17, 15) is 9.18 Å². The lowest BCUT2D eigenvalue weighted by Crippen LogP contribution is -2.08. The van der Waals surface area contributed by atoms with E-state index >= 15 is 0 Å². The molecule has 0 aliphatic carbocycles. The van der Waals surface area contributed by atoms with Crippen molar-refractivity contribution in [2.45, 2.75) is 6.54 Å². The molecule has 3 nitrogen and oxygen atoms in total. The number of benzene rings is 1. The summed E-state index contributed by atoms with van der Waals surface area (Å²) in [5.74, 6) is -0.245. The molecule has 0 amide bonds. The number of hydrogen-bond acceptors (Lipinski definition) is 1. The highest BCUT2D eigenvalue weighted by atomic mass is 19.1. The Morgan fingerprint density at radius 3 is 2.79 bits per heavy atom. The van der Waals surface area contributed by atoms with Crippen molar-refractivity contribution in [1.82, 2.24) is 9.13 Å². The summed E-state index contributed by atoms with van der Waals surface area (Å²) in [7, 11) is 1.87. The molecule has 96 valence electrons. The second-order valence-electron chi connectivity index (χ2n) is 4.61. The summed E-state index contributed by atoms with van der Waals surface area (Å²) in [6.07, 6.45) is 5.36. The van der Waals surface area contributed by atoms with Crippen LogP contribution in [0.25, 0.3) is 10.9 Å². The molecule has 19 heavy (non-hydrogen) atoms. The zero-order valence-electron chi connectivity index (χ0n) is 10.5. The summed E-state index contributed by atoms with van der Waals surface area (Å²) >= 11 is 0. The van der Waals surface area contributed by atoms with E-state index in [4.69, 9.17) is 0 Å². The molecule has 1 aromatic carbocycles. The highest BCUT2D eigenvalue weighted by molar-refractivity contribution is 5.96. The predicted molar refractivity (Wildman–Crippen MR) is 71.6 cm³/mol. The van der Waals surface area contributed by atoms with Gasteiger partial charge in [0.2, 0.25) is 0 Å². The van der Waals surface area contributed by atoms with E-state index in [-0.39, 0.29) is 18.1 Å². The van der Waals surface area contributed by atoms with Gasteiger partial charge in [-0.2, -0.15) is 0 Å². The van der Waals surface area contributed by atoms with Crippen molar-refractivity contribution in [2.24, 2.45) is 7.05 Å². The molecule has 3 aromatic rings. The average molecular weight is 256 g/mol. The minimum Gasteiger partial charge on any atom is -0.357 e. The molecule has 2 heterocycles. The van der Waals surface area contributed by atoms with Crippen LogP contribution in [0.1, 0.15) is 10.4 Å². The molecular formula is C15H13FN2O. The van der Waals surface area contributed by atoms with E-state index in [1.165, 1.54) is 6.07 Å². The Bertz CT molecular complexity index is 754. The summed E-state index contributed by atoms with van der Waals surface area (Å²) in [5, 5.41) is 0.545. The third-order valence-corrected chi connectivity index (χ3v) is 3.23. The number of aryl methyl sites for hydroxylation is 1. The van der Waals surface area contributed by atoms with Crippen molar-refractivity contribution in [3.8, 4) is 0 Å². The van der Waals surface area contributed by atoms with Crippen LogP contribution in [0.2, 0.25) is 0 Å². The standard InChI is InChI=1S/C15H13FN2O/c1-17-7-5-11(9-17)15(19)10-18-8-6-12-13(16)3-2-4-14(12)18/h2-9H,10H2,1H3. The number of rotatable bonds is 3. The fourth-order valence-electron chi connectivity index (χ4n) is 2.24. The lowest BCUT2D eigenvalue weighted by molar-refractivity contribution is 0.0973. The van der Waals surface area contributed by atoms with Gasteiger partial charge >= 0.3 is 0 Å². The predicted octanol–water partition coefficient (Wildman–Crippen LogP) is 3.00. The highest BCUT2D eigenvalue weighted by Crippen LogP contribution is 2.19. The van der Waals surface area contributed by atoms with Crippen molar-refractivity contribution in [2.75, 3.05) is 0 Å². The average Bonchev–Trinajstić information content (AvgIpc) is 2.98. The van der Waals surface area contributed by atoms with Gasteiger partial charge in [0.15, 0.2) is 5.78 Å². The molecule has 3 rings (SSSR count). The summed E-state index contributed by atoms with van der Waals surface area (Å²) in [6.45, 7) is 0.219. The van der Waals surface area contributed by atoms with Crippen LogP contribution in [0.15, 0.2) is 48.9 Å². The number of nitrogens with zero attached hydrogens (tertiary/aromatic N) is 2. The Hall–Kier alpha value is -2.36. The van der Waals surface area contributed by atoms with Gasteiger partial charge in [-0.15, -0.1) is 0 Å². The van der Waals surface area contributed by atoms with Crippen molar-refractivity contribution >= 4 is 16.7 Å². The minimum absolute atomic E-state index is 0.0161. The number of carbonyl (C=O) groups excluding carboxylic acids is 1. The van der Waals surface area contributed by atoms with E-state index in [1.54, 1.807) is 35.2 Å². The Balaban J connectivity index is 1.94. The summed E-state index contributed by atoms with van der Waals surface area (Å²) in [5.41, 5.74) is 1.41. The summed E-state index contributed by atoms with van der Waals surface area (Å²) in [6, 6.07) is 8.38. The minimum atomic E-state index is -0.261. The zero-order chi connectivity index (χ0) is 13.4. The molecule has 0 fully saturated rings. The molecule has 0 unspecified atom stereocenters. The van der Waals surface area contributed by atoms with Gasteiger partial charge in [0.25, 0.3) is 0 Å². The molecule has 0 aliphatic rings. The fourth-order valence-corrected chi connectivity index (χ4v) is 2.24. The van der Waals surface area contributed by atoms with Crippen molar-refractivity contribution in [1.29, 1.82) is 0 Å². The third kappa shape index (κ3) is 2.05. The number of carbonyl (C=O) groups is 1. The van der Waals surface area contributed by atoms with E-state index in [2.05, 4.69) is 0 Å². The van der Waals surface area contributed by atoms with Crippen LogP contribution in [0.3, 0.4) is 0 Å². The van der Waals surface area contributed by atoms with Gasteiger partial charge in [-0.1, -0.05) is 6.07 Å². The van der Waals surface area contributed by atoms with Gasteiger partial charge in [0.05, 0.1) is 12.1 Å². The summed E-state index contributed by atoms with van der Waals surface area (Å²) in [4.78, 5) is 12.1. The third-order valence-electron chi connectivity index (χ3n) is 3.23. The zero-order valence-corrected chi connectivity index (χ0v) is 10.5. The van der Waals surface area contributed by atoms with Gasteiger partial charge in [-0.25, -0.2) is 4.39 Å². The lowest BCUT2D eigenvalue weighted by Gasteiger charge is -2.03. The van der Waals surface area contributed by atoms with Crippen molar-refractivity contribution < 1.29 is 9.18 Å². The number of fused-ring (bicyclic) bond motifs is 1. The van der Waals surface area contributed by atoms with Gasteiger partial charge in [-0.05, 0) is 24.3 Å². The van der Waals surface area contributed by atoms with Crippen LogP contribution in [0.5, 0.6) is 0 Å². The number of Topliss-reactive ketones (excluding diaryl/α,β-unsaturated/α-hetero) is 1. The molecule has 2 aromatic heterocycles. The van der Waals surface area contributed by atoms with Crippen molar-refractivity contribution in [3.05, 3.63) is 60.3 Å². The number of halogens is 1. The van der Waals surface area contributed by atoms with Crippen LogP contribution in [-0.2, 0) is 13.6 Å². The monoisotopic (exact) mass is 256 g/mol. The maximum Gasteiger partial charge on any atom is 0.184 e. The molecule has 0 radical (unpaired) electrons. The first-order valence-electron chi connectivity index (χ1n) is 6.04. The van der Waals surface area contributed by atoms with E-state index < -0.39 is 0 Å². The molecule has 0 atom stereocenters. The maximum atomic E-state index is 13.6. The molecule has 0 aliphatic heterocycles. The second-order valence-corrected chi connectivity index (χ2v) is 4.61. The van der Waals surface area contributed by atoms with Crippen LogP contribution < -0.4 is 0 Å². The molecular weight excluding hydrogens is 243 g/mol. The number of hydrogen-bond donors (Lipinski definition) is 0. The van der Waals surface area contributed by atoms with Gasteiger partial charge in [0, 0.05) is 36.6 Å².